The first kappa shape index (κ1) is 16.0. The quantitative estimate of drug-likeness (QED) is 0.662. The molecule has 2 aromatic carbocycles. The van der Waals surface area contributed by atoms with Crippen molar-refractivity contribution in [3.8, 4) is 0 Å². The van der Waals surface area contributed by atoms with Gasteiger partial charge in [-0.3, -0.25) is 4.79 Å². The zero-order chi connectivity index (χ0) is 16.1. The van der Waals surface area contributed by atoms with Crippen LogP contribution in [-0.4, -0.2) is 5.78 Å². The maximum absolute atomic E-state index is 11.5. The predicted molar refractivity (Wildman–Crippen MR) is 96.9 cm³/mol. The molecule has 2 aromatic rings. The van der Waals surface area contributed by atoms with Crippen molar-refractivity contribution < 1.29 is 6.22 Å². The molecule has 0 fully saturated rings. The number of aryl methyl sites for hydroxylation is 1. The van der Waals surface area contributed by atoms with Gasteiger partial charge in [-0.15, -0.1) is 0 Å². The van der Waals surface area contributed by atoms with Gasteiger partial charge in [-0.25, -0.2) is 0 Å². The second kappa shape index (κ2) is 7.04. The van der Waals surface area contributed by atoms with E-state index in [1.165, 1.54) is 16.7 Å². The fourth-order valence-electron chi connectivity index (χ4n) is 2.51. The molecule has 1 aliphatic rings. The van der Waals surface area contributed by atoms with E-state index in [1.54, 1.807) is 6.08 Å². The number of rotatable bonds is 1. The number of carbonyl (C=O) groups excluding carboxylic acids is 1. The summed E-state index contributed by atoms with van der Waals surface area (Å²) in [7, 11) is 0. The van der Waals surface area contributed by atoms with Crippen molar-refractivity contribution in [2.45, 2.75) is 26.7 Å². The third-order valence-electron chi connectivity index (χ3n) is 3.95. The molecule has 1 heteroatoms. The van der Waals surface area contributed by atoms with Crippen LogP contribution < -0.4 is 0 Å². The Bertz CT molecular complexity index is 711. The molecule has 0 aromatic heterocycles. The van der Waals surface area contributed by atoms with Crippen molar-refractivity contribution in [3.63, 3.8) is 0 Å². The number of allylic oxidation sites excluding steroid dienone is 2. The Morgan fingerprint density at radius 3 is 2.32 bits per heavy atom. The summed E-state index contributed by atoms with van der Waals surface area (Å²) in [4.78, 5) is 11.5. The van der Waals surface area contributed by atoms with Crippen molar-refractivity contribution in [1.29, 1.82) is 0 Å². The van der Waals surface area contributed by atoms with Crippen LogP contribution in [0.3, 0.4) is 0 Å². The molecule has 1 nitrogen and oxygen atoms in total. The lowest BCUT2D eigenvalue weighted by atomic mass is 9.84. The molecule has 0 radical (unpaired) electrons. The standard InChI is InChI=1S/C12H12O.C9H10.H2/c1-8-7-12(13)9(2)11-6-4-3-5-10(8)11;1-3-9-6-4-8(2)5-7-9;/h3-7,9H,1-2H3;3-7H,1H2,2H3;1H. The van der Waals surface area contributed by atoms with Crippen LogP contribution >= 0.6 is 0 Å². The summed E-state index contributed by atoms with van der Waals surface area (Å²) in [5, 5.41) is 0. The van der Waals surface area contributed by atoms with Gasteiger partial charge < -0.3 is 0 Å². The summed E-state index contributed by atoms with van der Waals surface area (Å²) in [5.74, 6) is 0.246. The van der Waals surface area contributed by atoms with Crippen LogP contribution in [0.25, 0.3) is 11.6 Å². The summed E-state index contributed by atoms with van der Waals surface area (Å²) in [5.41, 5.74) is 5.93. The van der Waals surface area contributed by atoms with Gasteiger partial charge >= 0.3 is 0 Å². The summed E-state index contributed by atoms with van der Waals surface area (Å²) < 4.78 is 0. The highest BCUT2D eigenvalue weighted by molar-refractivity contribution is 6.04. The third-order valence-corrected chi connectivity index (χ3v) is 3.95. The van der Waals surface area contributed by atoms with Gasteiger partial charge in [0, 0.05) is 7.34 Å². The maximum atomic E-state index is 11.5. The van der Waals surface area contributed by atoms with Gasteiger partial charge in [0.1, 0.15) is 0 Å². The average Bonchev–Trinajstić information content (AvgIpc) is 2.54. The summed E-state index contributed by atoms with van der Waals surface area (Å²) in [6.07, 6.45) is 3.59. The maximum Gasteiger partial charge on any atom is 0.163 e. The van der Waals surface area contributed by atoms with Crippen LogP contribution in [-0.2, 0) is 4.79 Å². The summed E-state index contributed by atoms with van der Waals surface area (Å²) in [6, 6.07) is 16.4. The molecule has 114 valence electrons. The molecule has 0 bridgehead atoms. The first-order valence-electron chi connectivity index (χ1n) is 7.53. The molecule has 0 aliphatic heterocycles. The molecule has 3 rings (SSSR count). The molecule has 0 saturated carbocycles. The van der Waals surface area contributed by atoms with E-state index in [9.17, 15) is 4.79 Å². The minimum atomic E-state index is 0. The fourth-order valence-corrected chi connectivity index (χ4v) is 2.51. The van der Waals surface area contributed by atoms with E-state index in [0.717, 1.165) is 11.1 Å². The number of carbonyl (C=O) groups is 1. The normalized spacial score (nSPS) is 16.0. The lowest BCUT2D eigenvalue weighted by Gasteiger charge is -2.19. The second-order valence-electron chi connectivity index (χ2n) is 5.65. The monoisotopic (exact) mass is 292 g/mol. The molecule has 22 heavy (non-hydrogen) atoms. The highest BCUT2D eigenvalue weighted by Crippen LogP contribution is 2.31. The SMILES string of the molecule is C=Cc1ccc(C)cc1.CC1=CC(=O)C(C)c2ccccc21.[HH]. The van der Waals surface area contributed by atoms with Crippen molar-refractivity contribution >= 4 is 17.4 Å². The van der Waals surface area contributed by atoms with E-state index >= 15 is 0 Å². The Kier molecular flexibility index (Phi) is 5.11. The zero-order valence-corrected chi connectivity index (χ0v) is 13.5. The molecule has 0 heterocycles. The molecular formula is C21H24O. The van der Waals surface area contributed by atoms with E-state index in [4.69, 9.17) is 0 Å². The summed E-state index contributed by atoms with van der Waals surface area (Å²) >= 11 is 0. The number of fused-ring (bicyclic) bond motifs is 1. The van der Waals surface area contributed by atoms with Gasteiger partial charge in [-0.2, -0.15) is 0 Å². The topological polar surface area (TPSA) is 17.1 Å². The Morgan fingerprint density at radius 1 is 1.05 bits per heavy atom. The number of benzene rings is 2. The number of hydrogen-bond acceptors (Lipinski definition) is 1. The Morgan fingerprint density at radius 2 is 1.68 bits per heavy atom. The van der Waals surface area contributed by atoms with Crippen molar-refractivity contribution in [2.75, 3.05) is 0 Å². The van der Waals surface area contributed by atoms with E-state index in [0.29, 0.717) is 0 Å². The predicted octanol–water partition coefficient (Wildman–Crippen LogP) is 5.66. The molecule has 0 saturated heterocycles. The molecule has 1 atom stereocenters. The minimum Gasteiger partial charge on any atom is -0.294 e. The van der Waals surface area contributed by atoms with Crippen molar-refractivity contribution in [3.05, 3.63) is 83.4 Å². The molecule has 0 N–H and O–H groups in total. The van der Waals surface area contributed by atoms with Gasteiger partial charge in [-0.05, 0) is 42.2 Å². The Balaban J connectivity index is 0.000000235. The van der Waals surface area contributed by atoms with E-state index in [2.05, 4.69) is 43.8 Å². The van der Waals surface area contributed by atoms with Gasteiger partial charge in [0.25, 0.3) is 0 Å². The molecule has 1 unspecified atom stereocenters. The number of hydrogen-bond donors (Lipinski definition) is 0. The van der Waals surface area contributed by atoms with Crippen LogP contribution in [0.4, 0.5) is 0 Å². The van der Waals surface area contributed by atoms with Crippen LogP contribution in [0.5, 0.6) is 0 Å². The van der Waals surface area contributed by atoms with Gasteiger partial charge in [0.2, 0.25) is 0 Å². The second-order valence-corrected chi connectivity index (χ2v) is 5.65. The largest absolute Gasteiger partial charge is 0.294 e. The van der Waals surface area contributed by atoms with Crippen LogP contribution in [0, 0.1) is 6.92 Å². The smallest absolute Gasteiger partial charge is 0.163 e. The van der Waals surface area contributed by atoms with E-state index in [-0.39, 0.29) is 13.1 Å². The van der Waals surface area contributed by atoms with Crippen molar-refractivity contribution in [2.24, 2.45) is 0 Å². The van der Waals surface area contributed by atoms with Gasteiger partial charge in [0.15, 0.2) is 5.78 Å². The van der Waals surface area contributed by atoms with Gasteiger partial charge in [-0.1, -0.05) is 73.7 Å². The Hall–Kier alpha value is -2.41. The zero-order valence-electron chi connectivity index (χ0n) is 13.5. The average molecular weight is 292 g/mol. The van der Waals surface area contributed by atoms with Crippen molar-refractivity contribution in [1.82, 2.24) is 0 Å². The first-order chi connectivity index (χ1) is 10.5. The lowest BCUT2D eigenvalue weighted by Crippen LogP contribution is -2.13. The Labute approximate surface area is 134 Å². The van der Waals surface area contributed by atoms with Crippen LogP contribution in [0.1, 0.15) is 43.4 Å². The lowest BCUT2D eigenvalue weighted by molar-refractivity contribution is -0.115. The minimum absolute atomic E-state index is 0. The van der Waals surface area contributed by atoms with Crippen LogP contribution in [0.15, 0.2) is 61.2 Å². The third kappa shape index (κ3) is 3.62. The molecule has 1 aliphatic carbocycles. The summed E-state index contributed by atoms with van der Waals surface area (Å²) in [6.45, 7) is 9.69. The van der Waals surface area contributed by atoms with Crippen LogP contribution in [0.2, 0.25) is 0 Å². The highest BCUT2D eigenvalue weighted by Gasteiger charge is 2.21. The molecule has 0 spiro atoms. The van der Waals surface area contributed by atoms with E-state index in [1.807, 2.05) is 38.1 Å². The molecule has 0 amide bonds. The number of ketones is 1. The molecular weight excluding hydrogens is 268 g/mol. The fraction of sp³-hybridized carbons (Fsp3) is 0.190. The highest BCUT2D eigenvalue weighted by atomic mass is 16.1. The first-order valence-corrected chi connectivity index (χ1v) is 7.53. The van der Waals surface area contributed by atoms with E-state index < -0.39 is 0 Å². The van der Waals surface area contributed by atoms with Gasteiger partial charge in [0.05, 0.1) is 0 Å².